The number of fused-ring (bicyclic) bond motifs is 5. The van der Waals surface area contributed by atoms with Crippen LogP contribution in [0.2, 0.25) is 0 Å². The third-order valence-electron chi connectivity index (χ3n) is 8.76. The van der Waals surface area contributed by atoms with Crippen molar-refractivity contribution in [1.82, 2.24) is 0 Å². The SMILES string of the molecule is CCC(/C=C1\Oc2cc3ccccc3cc2N1CCC(C)S(=O)(=O)O)=C\c1oc2ccc3ccccc3c2[n+]1CCC(C)S(=O)(=O)[O-]. The second-order valence-electron chi connectivity index (χ2n) is 11.9. The van der Waals surface area contributed by atoms with Gasteiger partial charge in [0.05, 0.1) is 37.8 Å². The van der Waals surface area contributed by atoms with E-state index < -0.39 is 30.7 Å². The van der Waals surface area contributed by atoms with Crippen LogP contribution in [0.5, 0.6) is 5.75 Å². The predicted octanol–water partition coefficient (Wildman–Crippen LogP) is 6.55. The van der Waals surface area contributed by atoms with Gasteiger partial charge < -0.3 is 18.6 Å². The van der Waals surface area contributed by atoms with Gasteiger partial charge in [-0.25, -0.2) is 8.42 Å². The van der Waals surface area contributed by atoms with Gasteiger partial charge in [-0.3, -0.25) is 4.55 Å². The van der Waals surface area contributed by atoms with Crippen molar-refractivity contribution in [3.05, 3.63) is 96.2 Å². The summed E-state index contributed by atoms with van der Waals surface area (Å²) in [5.74, 6) is 1.60. The Hall–Kier alpha value is -4.23. The Labute approximate surface area is 274 Å². The smallest absolute Gasteiger partial charge is 0.374 e. The van der Waals surface area contributed by atoms with Gasteiger partial charge in [0, 0.05) is 19.0 Å². The third kappa shape index (κ3) is 6.77. The van der Waals surface area contributed by atoms with Crippen molar-refractivity contribution in [3.63, 3.8) is 0 Å². The van der Waals surface area contributed by atoms with E-state index in [0.29, 0.717) is 29.5 Å². The van der Waals surface area contributed by atoms with Gasteiger partial charge in [-0.05, 0) is 72.7 Å². The average Bonchev–Trinajstić information content (AvgIpc) is 3.56. The van der Waals surface area contributed by atoms with Gasteiger partial charge in [-0.1, -0.05) is 55.5 Å². The highest BCUT2D eigenvalue weighted by Crippen LogP contribution is 2.42. The van der Waals surface area contributed by atoms with E-state index in [0.717, 1.165) is 38.3 Å². The maximum absolute atomic E-state index is 11.8. The van der Waals surface area contributed by atoms with E-state index in [1.54, 1.807) is 0 Å². The third-order valence-corrected chi connectivity index (χ3v) is 11.2. The molecular weight excluding hydrogens is 641 g/mol. The molecule has 0 saturated carbocycles. The first-order valence-corrected chi connectivity index (χ1v) is 18.5. The lowest BCUT2D eigenvalue weighted by molar-refractivity contribution is -0.677. The second-order valence-corrected chi connectivity index (χ2v) is 15.5. The van der Waals surface area contributed by atoms with Crippen LogP contribution in [0.3, 0.4) is 0 Å². The molecule has 0 fully saturated rings. The van der Waals surface area contributed by atoms with Crippen LogP contribution in [-0.4, -0.2) is 43.0 Å². The summed E-state index contributed by atoms with van der Waals surface area (Å²) >= 11 is 0. The molecule has 2 atom stereocenters. The average molecular weight is 677 g/mol. The molecule has 0 saturated heterocycles. The van der Waals surface area contributed by atoms with Crippen molar-refractivity contribution in [3.8, 4) is 5.75 Å². The number of hydrogen-bond donors (Lipinski definition) is 1. The zero-order valence-electron chi connectivity index (χ0n) is 26.3. The van der Waals surface area contributed by atoms with E-state index in [9.17, 15) is 25.9 Å². The molecule has 1 aliphatic rings. The van der Waals surface area contributed by atoms with Gasteiger partial charge in [0.2, 0.25) is 11.5 Å². The van der Waals surface area contributed by atoms with Crippen LogP contribution in [0.15, 0.2) is 94.7 Å². The normalized spacial score (nSPS) is 16.2. The number of oxazole rings is 1. The Morgan fingerprint density at radius 3 is 2.30 bits per heavy atom. The standard InChI is InChI=1S/C35H36N2O8S2/c1-4-25(19-33-36(17-15-23(2)46(38,39)40)30-21-27-10-5-6-11-28(27)22-32(30)45-33)20-34-37(18-16-24(3)47(41,42)43)35-29-12-8-7-9-26(29)13-14-31(35)44-34/h5-14,19-24H,4,15-18H2,1-3H3,(H-,38,39,40,41,42,43). The van der Waals surface area contributed by atoms with Crippen molar-refractivity contribution in [2.24, 2.45) is 0 Å². The van der Waals surface area contributed by atoms with Crippen molar-refractivity contribution < 1.29 is 39.7 Å². The van der Waals surface area contributed by atoms with Crippen molar-refractivity contribution in [2.45, 2.75) is 57.1 Å². The van der Waals surface area contributed by atoms with Gasteiger partial charge in [-0.15, -0.1) is 0 Å². The number of anilines is 1. The maximum atomic E-state index is 11.8. The van der Waals surface area contributed by atoms with Gasteiger partial charge in [-0.2, -0.15) is 13.0 Å². The second kappa shape index (κ2) is 12.8. The molecule has 47 heavy (non-hydrogen) atoms. The molecule has 12 heteroatoms. The zero-order valence-corrected chi connectivity index (χ0v) is 27.9. The molecule has 0 spiro atoms. The number of ether oxygens (including phenoxy) is 1. The number of nitrogens with zero attached hydrogens (tertiary/aromatic N) is 2. The molecular formula is C35H36N2O8S2. The lowest BCUT2D eigenvalue weighted by atomic mass is 10.1. The highest BCUT2D eigenvalue weighted by atomic mass is 32.2. The summed E-state index contributed by atoms with van der Waals surface area (Å²) in [6.07, 6.45) is 4.59. The lowest BCUT2D eigenvalue weighted by Crippen LogP contribution is -2.38. The molecule has 2 heterocycles. The molecule has 0 aliphatic carbocycles. The molecule has 0 radical (unpaired) electrons. The molecule has 6 rings (SSSR count). The van der Waals surface area contributed by atoms with Crippen LogP contribution >= 0.6 is 0 Å². The number of aromatic nitrogens is 1. The van der Waals surface area contributed by atoms with Crippen LogP contribution < -0.4 is 14.2 Å². The van der Waals surface area contributed by atoms with E-state index in [-0.39, 0.29) is 25.9 Å². The van der Waals surface area contributed by atoms with Gasteiger partial charge in [0.1, 0.15) is 0 Å². The summed E-state index contributed by atoms with van der Waals surface area (Å²) in [5, 5.41) is 1.86. The minimum Gasteiger partial charge on any atom is -0.748 e. The highest BCUT2D eigenvalue weighted by molar-refractivity contribution is 7.86. The zero-order chi connectivity index (χ0) is 33.5. The minimum absolute atomic E-state index is 0.101. The molecule has 1 aromatic heterocycles. The lowest BCUT2D eigenvalue weighted by Gasteiger charge is -2.20. The Kier molecular flexibility index (Phi) is 8.88. The number of aryl methyl sites for hydroxylation is 1. The van der Waals surface area contributed by atoms with Crippen molar-refractivity contribution in [1.29, 1.82) is 0 Å². The highest BCUT2D eigenvalue weighted by Gasteiger charge is 2.30. The molecule has 10 nitrogen and oxygen atoms in total. The topological polar surface area (TPSA) is 141 Å². The molecule has 1 aliphatic heterocycles. The molecule has 0 bridgehead atoms. The van der Waals surface area contributed by atoms with Crippen molar-refractivity contribution in [2.75, 3.05) is 11.4 Å². The first-order chi connectivity index (χ1) is 22.3. The number of rotatable bonds is 11. The number of hydrogen-bond acceptors (Lipinski definition) is 8. The van der Waals surface area contributed by atoms with Gasteiger partial charge in [0.15, 0.2) is 12.3 Å². The molecule has 0 amide bonds. The Bertz CT molecular complexity index is 2270. The molecule has 4 aromatic carbocycles. The fraction of sp³-hybridized carbons (Fsp3) is 0.286. The molecule has 5 aromatic rings. The monoisotopic (exact) mass is 676 g/mol. The summed E-state index contributed by atoms with van der Waals surface area (Å²) in [6.45, 7) is 5.37. The van der Waals surface area contributed by atoms with Crippen LogP contribution in [0.4, 0.5) is 5.69 Å². The Balaban J connectivity index is 1.44. The number of allylic oxidation sites excluding steroid dienone is 2. The summed E-state index contributed by atoms with van der Waals surface area (Å²) in [6, 6.07) is 23.5. The first kappa shape index (κ1) is 32.7. The summed E-state index contributed by atoms with van der Waals surface area (Å²) in [5.41, 5.74) is 3.02. The van der Waals surface area contributed by atoms with E-state index in [1.807, 2.05) is 101 Å². The Morgan fingerprint density at radius 2 is 1.62 bits per heavy atom. The fourth-order valence-electron chi connectivity index (χ4n) is 5.81. The van der Waals surface area contributed by atoms with Gasteiger partial charge in [0.25, 0.3) is 15.6 Å². The summed E-state index contributed by atoms with van der Waals surface area (Å²) in [4.78, 5) is 1.91. The first-order valence-electron chi connectivity index (χ1n) is 15.5. The van der Waals surface area contributed by atoms with Crippen molar-refractivity contribution >= 4 is 64.6 Å². The summed E-state index contributed by atoms with van der Waals surface area (Å²) in [7, 11) is -8.69. The van der Waals surface area contributed by atoms with Gasteiger partial charge >= 0.3 is 5.89 Å². The predicted molar refractivity (Wildman–Crippen MR) is 182 cm³/mol. The fourth-order valence-corrected chi connectivity index (χ4v) is 6.60. The quantitative estimate of drug-likeness (QED) is 0.122. The molecule has 1 N–H and O–H groups in total. The molecule has 2 unspecified atom stereocenters. The van der Waals surface area contributed by atoms with Crippen LogP contribution in [0.1, 0.15) is 45.9 Å². The van der Waals surface area contributed by atoms with Crippen LogP contribution in [0, 0.1) is 0 Å². The van der Waals surface area contributed by atoms with Crippen LogP contribution in [0.25, 0.3) is 38.7 Å². The minimum atomic E-state index is -4.47. The van der Waals surface area contributed by atoms with E-state index in [1.165, 1.54) is 13.8 Å². The number of benzene rings is 4. The van der Waals surface area contributed by atoms with Crippen LogP contribution in [-0.2, 0) is 26.8 Å². The van der Waals surface area contributed by atoms with E-state index in [2.05, 4.69) is 0 Å². The largest absolute Gasteiger partial charge is 0.748 e. The van der Waals surface area contributed by atoms with E-state index >= 15 is 0 Å². The Morgan fingerprint density at radius 1 is 0.936 bits per heavy atom. The summed E-state index contributed by atoms with van der Waals surface area (Å²) < 4.78 is 83.1. The van der Waals surface area contributed by atoms with E-state index in [4.69, 9.17) is 9.15 Å². The maximum Gasteiger partial charge on any atom is 0.374 e. The molecule has 246 valence electrons.